The van der Waals surface area contributed by atoms with E-state index in [-0.39, 0.29) is 11.8 Å². The van der Waals surface area contributed by atoms with Gasteiger partial charge in [-0.05, 0) is 67.8 Å². The van der Waals surface area contributed by atoms with Crippen LogP contribution in [0.25, 0.3) is 11.1 Å². The molecule has 2 amide bonds. The first-order valence-electron chi connectivity index (χ1n) is 11.1. The van der Waals surface area contributed by atoms with Crippen molar-refractivity contribution in [3.8, 4) is 16.9 Å². The largest absolute Gasteiger partial charge is 0.481 e. The van der Waals surface area contributed by atoms with Crippen LogP contribution in [0.2, 0.25) is 0 Å². The van der Waals surface area contributed by atoms with Gasteiger partial charge >= 0.3 is 0 Å². The predicted molar refractivity (Wildman–Crippen MR) is 129 cm³/mol. The van der Waals surface area contributed by atoms with Gasteiger partial charge in [0.1, 0.15) is 5.75 Å². The van der Waals surface area contributed by atoms with Gasteiger partial charge in [-0.3, -0.25) is 9.59 Å². The van der Waals surface area contributed by atoms with Gasteiger partial charge in [0.05, 0.1) is 0 Å². The lowest BCUT2D eigenvalue weighted by Gasteiger charge is -2.19. The number of amides is 2. The molecule has 166 valence electrons. The number of anilines is 1. The Hall–Kier alpha value is -3.60. The fourth-order valence-corrected chi connectivity index (χ4v) is 3.46. The molecule has 0 bridgehead atoms. The minimum absolute atomic E-state index is 0.0124. The van der Waals surface area contributed by atoms with E-state index in [1.54, 1.807) is 29.2 Å². The molecule has 0 spiro atoms. The zero-order chi connectivity index (χ0) is 22.9. The smallest absolute Gasteiger partial charge is 0.265 e. The third-order valence-electron chi connectivity index (χ3n) is 5.35. The monoisotopic (exact) mass is 430 g/mol. The van der Waals surface area contributed by atoms with E-state index in [4.69, 9.17) is 4.74 Å². The Kier molecular flexibility index (Phi) is 8.03. The summed E-state index contributed by atoms with van der Waals surface area (Å²) in [5.74, 6) is 0.413. The Morgan fingerprint density at radius 3 is 1.97 bits per heavy atom. The fourth-order valence-electron chi connectivity index (χ4n) is 3.46. The van der Waals surface area contributed by atoms with E-state index in [0.29, 0.717) is 36.5 Å². The van der Waals surface area contributed by atoms with E-state index < -0.39 is 6.10 Å². The topological polar surface area (TPSA) is 58.6 Å². The van der Waals surface area contributed by atoms with Crippen LogP contribution >= 0.6 is 0 Å². The van der Waals surface area contributed by atoms with Gasteiger partial charge in [-0.25, -0.2) is 0 Å². The normalized spacial score (nSPS) is 11.5. The molecule has 3 aromatic rings. The molecule has 1 atom stereocenters. The molecule has 3 aromatic carbocycles. The molecule has 0 fully saturated rings. The van der Waals surface area contributed by atoms with Crippen molar-refractivity contribution < 1.29 is 14.3 Å². The summed E-state index contributed by atoms with van der Waals surface area (Å²) in [5, 5.41) is 2.88. The van der Waals surface area contributed by atoms with Crippen molar-refractivity contribution >= 4 is 17.5 Å². The highest BCUT2D eigenvalue weighted by atomic mass is 16.5. The Morgan fingerprint density at radius 1 is 0.812 bits per heavy atom. The molecule has 32 heavy (non-hydrogen) atoms. The van der Waals surface area contributed by atoms with E-state index >= 15 is 0 Å². The summed E-state index contributed by atoms with van der Waals surface area (Å²) >= 11 is 0. The van der Waals surface area contributed by atoms with Crippen LogP contribution in [0.15, 0.2) is 78.9 Å². The van der Waals surface area contributed by atoms with Crippen molar-refractivity contribution in [1.29, 1.82) is 0 Å². The van der Waals surface area contributed by atoms with E-state index in [1.807, 2.05) is 63.2 Å². The Bertz CT molecular complexity index is 1010. The van der Waals surface area contributed by atoms with Crippen molar-refractivity contribution in [1.82, 2.24) is 4.90 Å². The number of carbonyl (C=O) groups is 2. The number of rotatable bonds is 9. The van der Waals surface area contributed by atoms with E-state index in [0.717, 1.165) is 11.1 Å². The molecule has 0 heterocycles. The van der Waals surface area contributed by atoms with Gasteiger partial charge in [0.25, 0.3) is 11.8 Å². The van der Waals surface area contributed by atoms with Crippen LogP contribution in [0, 0.1) is 0 Å². The second kappa shape index (κ2) is 11.1. The minimum atomic E-state index is -0.616. The first-order valence-corrected chi connectivity index (χ1v) is 11.1. The van der Waals surface area contributed by atoms with Crippen molar-refractivity contribution in [3.05, 3.63) is 84.4 Å². The van der Waals surface area contributed by atoms with E-state index in [9.17, 15) is 9.59 Å². The summed E-state index contributed by atoms with van der Waals surface area (Å²) in [6.45, 7) is 7.14. The second-order valence-electron chi connectivity index (χ2n) is 7.45. The zero-order valence-electron chi connectivity index (χ0n) is 18.9. The average molecular weight is 431 g/mol. The summed E-state index contributed by atoms with van der Waals surface area (Å²) in [4.78, 5) is 26.9. The molecule has 0 aromatic heterocycles. The lowest BCUT2D eigenvalue weighted by molar-refractivity contribution is -0.122. The number of nitrogens with zero attached hydrogens (tertiary/aromatic N) is 1. The van der Waals surface area contributed by atoms with Crippen LogP contribution < -0.4 is 10.1 Å². The zero-order valence-corrected chi connectivity index (χ0v) is 18.9. The Morgan fingerprint density at radius 2 is 1.41 bits per heavy atom. The van der Waals surface area contributed by atoms with Gasteiger partial charge in [-0.15, -0.1) is 0 Å². The Labute approximate surface area is 190 Å². The van der Waals surface area contributed by atoms with Crippen LogP contribution in [0.4, 0.5) is 5.69 Å². The van der Waals surface area contributed by atoms with E-state index in [1.165, 1.54) is 0 Å². The highest BCUT2D eigenvalue weighted by Crippen LogP contribution is 2.23. The van der Waals surface area contributed by atoms with Crippen LogP contribution in [0.1, 0.15) is 37.6 Å². The molecule has 5 heteroatoms. The maximum Gasteiger partial charge on any atom is 0.265 e. The van der Waals surface area contributed by atoms with Crippen LogP contribution in [-0.4, -0.2) is 35.9 Å². The molecular formula is C27H30N2O3. The molecule has 0 aliphatic carbocycles. The second-order valence-corrected chi connectivity index (χ2v) is 7.45. The number of benzene rings is 3. The maximum absolute atomic E-state index is 12.7. The first-order chi connectivity index (χ1) is 15.5. The third kappa shape index (κ3) is 5.76. The average Bonchev–Trinajstić information content (AvgIpc) is 2.84. The quantitative estimate of drug-likeness (QED) is 0.478. The van der Waals surface area contributed by atoms with Crippen molar-refractivity contribution in [2.75, 3.05) is 18.4 Å². The van der Waals surface area contributed by atoms with Gasteiger partial charge in [-0.1, -0.05) is 49.4 Å². The summed E-state index contributed by atoms with van der Waals surface area (Å²) in [7, 11) is 0. The highest BCUT2D eigenvalue weighted by Gasteiger charge is 2.19. The third-order valence-corrected chi connectivity index (χ3v) is 5.35. The standard InChI is InChI=1S/C27H30N2O3/c1-4-25(32-24-18-14-21(15-19-24)20-10-8-7-9-11-20)26(30)28-23-16-12-22(13-17-23)27(31)29(5-2)6-3/h7-19,25H,4-6H2,1-3H3,(H,28,30). The Balaban J connectivity index is 1.62. The number of nitrogens with one attached hydrogen (secondary N) is 1. The molecule has 5 nitrogen and oxygen atoms in total. The summed E-state index contributed by atoms with van der Waals surface area (Å²) in [6.07, 6.45) is -0.0836. The molecule has 0 saturated heterocycles. The van der Waals surface area contributed by atoms with Crippen LogP contribution in [-0.2, 0) is 4.79 Å². The van der Waals surface area contributed by atoms with Gasteiger partial charge in [0.15, 0.2) is 6.10 Å². The molecule has 3 rings (SSSR count). The van der Waals surface area contributed by atoms with Crippen LogP contribution in [0.5, 0.6) is 5.75 Å². The molecule has 0 saturated carbocycles. The predicted octanol–water partition coefficient (Wildman–Crippen LogP) is 5.63. The molecule has 0 aliphatic rings. The molecule has 0 radical (unpaired) electrons. The van der Waals surface area contributed by atoms with Gasteiger partial charge in [0, 0.05) is 24.3 Å². The van der Waals surface area contributed by atoms with Gasteiger partial charge in [-0.2, -0.15) is 0 Å². The minimum Gasteiger partial charge on any atom is -0.481 e. The van der Waals surface area contributed by atoms with Crippen molar-refractivity contribution in [3.63, 3.8) is 0 Å². The lowest BCUT2D eigenvalue weighted by atomic mass is 10.1. The summed E-state index contributed by atoms with van der Waals surface area (Å²) < 4.78 is 5.94. The summed E-state index contributed by atoms with van der Waals surface area (Å²) in [6, 6.07) is 24.8. The molecule has 1 unspecified atom stereocenters. The number of carbonyl (C=O) groups excluding carboxylic acids is 2. The van der Waals surface area contributed by atoms with Gasteiger partial charge in [0.2, 0.25) is 0 Å². The maximum atomic E-state index is 12.7. The molecule has 1 N–H and O–H groups in total. The number of hydrogen-bond donors (Lipinski definition) is 1. The molecule has 0 aliphatic heterocycles. The van der Waals surface area contributed by atoms with Crippen molar-refractivity contribution in [2.24, 2.45) is 0 Å². The van der Waals surface area contributed by atoms with Crippen LogP contribution in [0.3, 0.4) is 0 Å². The first kappa shape index (κ1) is 23.1. The van der Waals surface area contributed by atoms with Crippen molar-refractivity contribution in [2.45, 2.75) is 33.3 Å². The fraction of sp³-hybridized carbons (Fsp3) is 0.259. The van der Waals surface area contributed by atoms with Gasteiger partial charge < -0.3 is 15.0 Å². The molecular weight excluding hydrogens is 400 g/mol. The van der Waals surface area contributed by atoms with E-state index in [2.05, 4.69) is 17.4 Å². The number of ether oxygens (including phenoxy) is 1. The number of hydrogen-bond acceptors (Lipinski definition) is 3. The lowest BCUT2D eigenvalue weighted by Crippen LogP contribution is -2.32. The SMILES string of the molecule is CCC(Oc1ccc(-c2ccccc2)cc1)C(=O)Nc1ccc(C(=O)N(CC)CC)cc1. The summed E-state index contributed by atoms with van der Waals surface area (Å²) in [5.41, 5.74) is 3.46. The highest BCUT2D eigenvalue weighted by molar-refractivity contribution is 5.97.